The van der Waals surface area contributed by atoms with E-state index in [4.69, 9.17) is 0 Å². The lowest BCUT2D eigenvalue weighted by molar-refractivity contribution is 0.744. The van der Waals surface area contributed by atoms with Crippen LogP contribution in [0.3, 0.4) is 0 Å². The van der Waals surface area contributed by atoms with E-state index in [0.29, 0.717) is 11.7 Å². The van der Waals surface area contributed by atoms with Crippen molar-refractivity contribution in [1.29, 1.82) is 0 Å². The fourth-order valence-corrected chi connectivity index (χ4v) is 1.97. The summed E-state index contributed by atoms with van der Waals surface area (Å²) >= 11 is 0. The second-order valence-corrected chi connectivity index (χ2v) is 4.57. The first-order valence-corrected chi connectivity index (χ1v) is 5.99. The largest absolute Gasteiger partial charge is 0.307 e. The Kier molecular flexibility index (Phi) is 2.59. The number of hydrogen-bond acceptors (Lipinski definition) is 3. The first-order chi connectivity index (χ1) is 8.72. The molecule has 5 nitrogen and oxygen atoms in total. The normalized spacial score (nSPS) is 15.4. The molecular weight excluding hydrogens is 228 g/mol. The standard InChI is InChI=1S/C13H14N4O/c1-17-8-10(13(16-17)9-2-3-9)4-5-11-14-7-6-12(18)15-11/h4-9H,2-3H2,1H3,(H,14,15,18)/b5-4+. The lowest BCUT2D eigenvalue weighted by Gasteiger charge is -1.93. The average Bonchev–Trinajstić information content (AvgIpc) is 3.11. The number of aromatic amines is 1. The van der Waals surface area contributed by atoms with Crippen molar-refractivity contribution in [2.45, 2.75) is 18.8 Å². The fourth-order valence-electron chi connectivity index (χ4n) is 1.97. The Labute approximate surface area is 104 Å². The summed E-state index contributed by atoms with van der Waals surface area (Å²) in [7, 11) is 1.92. The Balaban J connectivity index is 1.90. The molecule has 1 aliphatic carbocycles. The van der Waals surface area contributed by atoms with Crippen molar-refractivity contribution in [3.63, 3.8) is 0 Å². The first-order valence-electron chi connectivity index (χ1n) is 5.99. The Hall–Kier alpha value is -2.17. The van der Waals surface area contributed by atoms with Gasteiger partial charge in [-0.15, -0.1) is 0 Å². The molecule has 5 heteroatoms. The molecule has 0 saturated heterocycles. The van der Waals surface area contributed by atoms with Crippen LogP contribution in [0.25, 0.3) is 12.2 Å². The molecular formula is C13H14N4O. The van der Waals surface area contributed by atoms with Gasteiger partial charge in [0.2, 0.25) is 0 Å². The quantitative estimate of drug-likeness (QED) is 0.888. The third-order valence-electron chi connectivity index (χ3n) is 2.96. The van der Waals surface area contributed by atoms with Crippen molar-refractivity contribution in [2.75, 3.05) is 0 Å². The summed E-state index contributed by atoms with van der Waals surface area (Å²) in [6.45, 7) is 0. The highest BCUT2D eigenvalue weighted by Gasteiger charge is 2.28. The molecule has 1 aliphatic rings. The molecule has 0 unspecified atom stereocenters. The molecule has 0 amide bonds. The van der Waals surface area contributed by atoms with E-state index in [1.165, 1.54) is 25.1 Å². The van der Waals surface area contributed by atoms with Crippen LogP contribution in [-0.4, -0.2) is 19.7 Å². The first kappa shape index (κ1) is 11.0. The zero-order valence-corrected chi connectivity index (χ0v) is 10.1. The van der Waals surface area contributed by atoms with Crippen molar-refractivity contribution in [3.05, 3.63) is 45.9 Å². The third-order valence-corrected chi connectivity index (χ3v) is 2.96. The summed E-state index contributed by atoms with van der Waals surface area (Å²) in [4.78, 5) is 17.9. The summed E-state index contributed by atoms with van der Waals surface area (Å²) in [6, 6.07) is 1.40. The predicted octanol–water partition coefficient (Wildman–Crippen LogP) is 1.55. The number of hydrogen-bond donors (Lipinski definition) is 1. The number of nitrogens with zero attached hydrogens (tertiary/aromatic N) is 3. The van der Waals surface area contributed by atoms with E-state index in [1.54, 1.807) is 0 Å². The summed E-state index contributed by atoms with van der Waals surface area (Å²) in [6.07, 6.45) is 9.70. The van der Waals surface area contributed by atoms with Gasteiger partial charge in [0.15, 0.2) is 0 Å². The minimum Gasteiger partial charge on any atom is -0.307 e. The highest BCUT2D eigenvalue weighted by atomic mass is 16.1. The Morgan fingerprint density at radius 2 is 2.28 bits per heavy atom. The van der Waals surface area contributed by atoms with Gasteiger partial charge in [0.25, 0.3) is 5.56 Å². The molecule has 1 saturated carbocycles. The molecule has 0 aliphatic heterocycles. The van der Waals surface area contributed by atoms with E-state index in [1.807, 2.05) is 30.1 Å². The van der Waals surface area contributed by atoms with Gasteiger partial charge in [-0.2, -0.15) is 5.10 Å². The number of aryl methyl sites for hydroxylation is 1. The zero-order valence-electron chi connectivity index (χ0n) is 10.1. The van der Waals surface area contributed by atoms with Gasteiger partial charge >= 0.3 is 0 Å². The van der Waals surface area contributed by atoms with Gasteiger partial charge in [0.05, 0.1) is 5.69 Å². The lowest BCUT2D eigenvalue weighted by atomic mass is 10.1. The SMILES string of the molecule is Cn1cc(/C=C/c2nccc(=O)[nH]2)c(C2CC2)n1. The number of aromatic nitrogens is 4. The molecule has 3 rings (SSSR count). The van der Waals surface area contributed by atoms with Gasteiger partial charge in [-0.1, -0.05) is 0 Å². The van der Waals surface area contributed by atoms with Crippen LogP contribution in [-0.2, 0) is 7.05 Å². The highest BCUT2D eigenvalue weighted by Crippen LogP contribution is 2.41. The maximum Gasteiger partial charge on any atom is 0.251 e. The van der Waals surface area contributed by atoms with Gasteiger partial charge in [0, 0.05) is 37.0 Å². The average molecular weight is 242 g/mol. The maximum atomic E-state index is 11.1. The molecule has 92 valence electrons. The van der Waals surface area contributed by atoms with E-state index in [2.05, 4.69) is 15.1 Å². The third kappa shape index (κ3) is 2.25. The van der Waals surface area contributed by atoms with Crippen LogP contribution in [0, 0.1) is 0 Å². The monoisotopic (exact) mass is 242 g/mol. The predicted molar refractivity (Wildman–Crippen MR) is 69.0 cm³/mol. The van der Waals surface area contributed by atoms with Crippen LogP contribution in [0.4, 0.5) is 0 Å². The molecule has 1 fully saturated rings. The minimum absolute atomic E-state index is 0.141. The van der Waals surface area contributed by atoms with Crippen molar-refractivity contribution in [2.24, 2.45) is 7.05 Å². The molecule has 0 radical (unpaired) electrons. The van der Waals surface area contributed by atoms with Gasteiger partial charge in [0.1, 0.15) is 5.82 Å². The van der Waals surface area contributed by atoms with E-state index in [9.17, 15) is 4.79 Å². The smallest absolute Gasteiger partial charge is 0.251 e. The molecule has 1 N–H and O–H groups in total. The maximum absolute atomic E-state index is 11.1. The minimum atomic E-state index is -0.141. The van der Waals surface area contributed by atoms with Crippen LogP contribution >= 0.6 is 0 Å². The molecule has 0 atom stereocenters. The molecule has 2 aromatic rings. The van der Waals surface area contributed by atoms with Crippen molar-refractivity contribution < 1.29 is 0 Å². The van der Waals surface area contributed by atoms with Crippen LogP contribution in [0.15, 0.2) is 23.3 Å². The second kappa shape index (κ2) is 4.25. The molecule has 18 heavy (non-hydrogen) atoms. The van der Waals surface area contributed by atoms with Crippen molar-refractivity contribution in [3.8, 4) is 0 Å². The molecule has 0 spiro atoms. The fraction of sp³-hybridized carbons (Fsp3) is 0.308. The Bertz CT molecular complexity index is 649. The summed E-state index contributed by atoms with van der Waals surface area (Å²) in [5.74, 6) is 1.17. The van der Waals surface area contributed by atoms with Crippen LogP contribution in [0.1, 0.15) is 35.8 Å². The molecule has 0 bridgehead atoms. The topological polar surface area (TPSA) is 63.6 Å². The van der Waals surface area contributed by atoms with Crippen LogP contribution < -0.4 is 5.56 Å². The highest BCUT2D eigenvalue weighted by molar-refractivity contribution is 5.67. The van der Waals surface area contributed by atoms with Crippen molar-refractivity contribution in [1.82, 2.24) is 19.7 Å². The van der Waals surface area contributed by atoms with E-state index in [-0.39, 0.29) is 5.56 Å². The zero-order chi connectivity index (χ0) is 12.5. The lowest BCUT2D eigenvalue weighted by Crippen LogP contribution is -2.05. The van der Waals surface area contributed by atoms with Gasteiger partial charge in [-0.25, -0.2) is 4.98 Å². The molecule has 2 heterocycles. The van der Waals surface area contributed by atoms with Gasteiger partial charge in [-0.3, -0.25) is 9.48 Å². The van der Waals surface area contributed by atoms with E-state index in [0.717, 1.165) is 11.3 Å². The Morgan fingerprint density at radius 3 is 3.00 bits per heavy atom. The second-order valence-electron chi connectivity index (χ2n) is 4.57. The summed E-state index contributed by atoms with van der Waals surface area (Å²) in [5.41, 5.74) is 2.11. The Morgan fingerprint density at radius 1 is 1.44 bits per heavy atom. The summed E-state index contributed by atoms with van der Waals surface area (Å²) in [5, 5.41) is 4.48. The van der Waals surface area contributed by atoms with Crippen LogP contribution in [0.5, 0.6) is 0 Å². The van der Waals surface area contributed by atoms with Gasteiger partial charge in [-0.05, 0) is 25.0 Å². The number of nitrogens with one attached hydrogen (secondary N) is 1. The summed E-state index contributed by atoms with van der Waals surface area (Å²) < 4.78 is 1.83. The van der Waals surface area contributed by atoms with Crippen LogP contribution in [0.2, 0.25) is 0 Å². The molecule has 0 aromatic carbocycles. The molecule has 2 aromatic heterocycles. The number of H-pyrrole nitrogens is 1. The van der Waals surface area contributed by atoms with E-state index >= 15 is 0 Å². The van der Waals surface area contributed by atoms with E-state index < -0.39 is 0 Å². The number of rotatable bonds is 3. The van der Waals surface area contributed by atoms with Crippen molar-refractivity contribution >= 4 is 12.2 Å². The van der Waals surface area contributed by atoms with Gasteiger partial charge < -0.3 is 4.98 Å².